The number of pyridine rings is 1. The lowest BCUT2D eigenvalue weighted by Crippen LogP contribution is -2.39. The van der Waals surface area contributed by atoms with E-state index >= 15 is 0 Å². The zero-order valence-corrected chi connectivity index (χ0v) is 11.2. The molecule has 1 aliphatic rings. The van der Waals surface area contributed by atoms with Crippen molar-refractivity contribution in [3.05, 3.63) is 54.7 Å². The highest BCUT2D eigenvalue weighted by atomic mass is 14.9. The minimum Gasteiger partial charge on any atom is -0.313 e. The zero-order valence-electron chi connectivity index (χ0n) is 11.2. The normalized spacial score (nSPS) is 23.4. The maximum Gasteiger partial charge on any atom is 0.0704 e. The fraction of sp³-hybridized carbons (Fsp3) is 0.353. The van der Waals surface area contributed by atoms with Crippen LogP contribution in [0, 0.1) is 5.92 Å². The van der Waals surface area contributed by atoms with Crippen LogP contribution in [-0.4, -0.2) is 17.6 Å². The molecule has 0 spiro atoms. The fourth-order valence-corrected chi connectivity index (χ4v) is 2.91. The number of rotatable bonds is 3. The van der Waals surface area contributed by atoms with Gasteiger partial charge in [-0.25, -0.2) is 0 Å². The molecule has 2 heteroatoms. The van der Waals surface area contributed by atoms with Crippen molar-refractivity contribution in [2.24, 2.45) is 5.92 Å². The van der Waals surface area contributed by atoms with Crippen molar-refractivity contribution < 1.29 is 0 Å². The van der Waals surface area contributed by atoms with Gasteiger partial charge in [-0.3, -0.25) is 4.98 Å². The molecule has 0 radical (unpaired) electrons. The first-order chi connectivity index (χ1) is 9.36. The van der Waals surface area contributed by atoms with E-state index in [9.17, 15) is 0 Å². The quantitative estimate of drug-likeness (QED) is 0.848. The summed E-state index contributed by atoms with van der Waals surface area (Å²) >= 11 is 0. The standard InChI is InChI=1S/C17H20N2/c1-2-13-7-8-15(19-12-13)11-14-9-10-18-17-6-4-3-5-16(14)17/h2-6,9-10,13,15,19H,1,7-8,11-12H2. The average Bonchev–Trinajstić information content (AvgIpc) is 2.48. The molecular weight excluding hydrogens is 232 g/mol. The number of para-hydroxylation sites is 1. The Bertz CT molecular complexity index is 563. The minimum atomic E-state index is 0.585. The van der Waals surface area contributed by atoms with Crippen molar-refractivity contribution in [2.45, 2.75) is 25.3 Å². The van der Waals surface area contributed by atoms with Crippen LogP contribution in [0.1, 0.15) is 18.4 Å². The van der Waals surface area contributed by atoms with Crippen LogP contribution < -0.4 is 5.32 Å². The fourth-order valence-electron chi connectivity index (χ4n) is 2.91. The molecule has 98 valence electrons. The first-order valence-electron chi connectivity index (χ1n) is 7.05. The first-order valence-corrected chi connectivity index (χ1v) is 7.05. The summed E-state index contributed by atoms with van der Waals surface area (Å²) < 4.78 is 0. The molecule has 1 saturated heterocycles. The highest BCUT2D eigenvalue weighted by molar-refractivity contribution is 5.81. The lowest BCUT2D eigenvalue weighted by atomic mass is 9.91. The summed E-state index contributed by atoms with van der Waals surface area (Å²) in [7, 11) is 0. The van der Waals surface area contributed by atoms with Crippen molar-refractivity contribution in [1.82, 2.24) is 10.3 Å². The summed E-state index contributed by atoms with van der Waals surface area (Å²) in [4.78, 5) is 4.43. The number of nitrogens with one attached hydrogen (secondary N) is 1. The van der Waals surface area contributed by atoms with Crippen molar-refractivity contribution in [3.63, 3.8) is 0 Å². The summed E-state index contributed by atoms with van der Waals surface area (Å²) in [6, 6.07) is 11.1. The molecule has 2 heterocycles. The molecule has 1 aliphatic heterocycles. The van der Waals surface area contributed by atoms with Gasteiger partial charge in [0.1, 0.15) is 0 Å². The second kappa shape index (κ2) is 5.54. The molecule has 19 heavy (non-hydrogen) atoms. The van der Waals surface area contributed by atoms with Gasteiger partial charge in [0.25, 0.3) is 0 Å². The number of fused-ring (bicyclic) bond motifs is 1. The molecule has 1 fully saturated rings. The monoisotopic (exact) mass is 252 g/mol. The molecule has 0 bridgehead atoms. The molecule has 3 rings (SSSR count). The van der Waals surface area contributed by atoms with Gasteiger partial charge in [0, 0.05) is 24.2 Å². The third-order valence-electron chi connectivity index (χ3n) is 4.09. The van der Waals surface area contributed by atoms with Gasteiger partial charge in [-0.05, 0) is 42.9 Å². The summed E-state index contributed by atoms with van der Waals surface area (Å²) in [6.07, 6.45) is 7.57. The van der Waals surface area contributed by atoms with Crippen LogP contribution in [0.4, 0.5) is 0 Å². The van der Waals surface area contributed by atoms with Gasteiger partial charge in [0.2, 0.25) is 0 Å². The van der Waals surface area contributed by atoms with E-state index in [1.165, 1.54) is 23.8 Å². The Morgan fingerprint density at radius 1 is 1.26 bits per heavy atom. The van der Waals surface area contributed by atoms with Crippen molar-refractivity contribution in [3.8, 4) is 0 Å². The predicted octanol–water partition coefficient (Wildman–Crippen LogP) is 3.33. The lowest BCUT2D eigenvalue weighted by Gasteiger charge is -2.28. The molecule has 1 N–H and O–H groups in total. The number of hydrogen-bond acceptors (Lipinski definition) is 2. The van der Waals surface area contributed by atoms with E-state index in [1.54, 1.807) is 0 Å². The Morgan fingerprint density at radius 3 is 2.95 bits per heavy atom. The van der Waals surface area contributed by atoms with Gasteiger partial charge in [-0.1, -0.05) is 24.3 Å². The van der Waals surface area contributed by atoms with E-state index in [4.69, 9.17) is 0 Å². The van der Waals surface area contributed by atoms with E-state index in [0.717, 1.165) is 18.5 Å². The molecule has 0 aliphatic carbocycles. The van der Waals surface area contributed by atoms with Gasteiger partial charge in [0.15, 0.2) is 0 Å². The van der Waals surface area contributed by atoms with Crippen LogP contribution >= 0.6 is 0 Å². The smallest absolute Gasteiger partial charge is 0.0704 e. The maximum absolute atomic E-state index is 4.43. The number of aromatic nitrogens is 1. The van der Waals surface area contributed by atoms with E-state index < -0.39 is 0 Å². The molecule has 2 atom stereocenters. The van der Waals surface area contributed by atoms with E-state index in [1.807, 2.05) is 12.3 Å². The molecule has 2 unspecified atom stereocenters. The Hall–Kier alpha value is -1.67. The molecular formula is C17H20N2. The number of nitrogens with zero attached hydrogens (tertiary/aromatic N) is 1. The molecule has 0 amide bonds. The van der Waals surface area contributed by atoms with Crippen molar-refractivity contribution in [1.29, 1.82) is 0 Å². The molecule has 1 aromatic heterocycles. The molecule has 0 saturated carbocycles. The second-order valence-electron chi connectivity index (χ2n) is 5.37. The van der Waals surface area contributed by atoms with Gasteiger partial charge < -0.3 is 5.32 Å². The van der Waals surface area contributed by atoms with Crippen LogP contribution in [0.2, 0.25) is 0 Å². The largest absolute Gasteiger partial charge is 0.313 e. The highest BCUT2D eigenvalue weighted by Gasteiger charge is 2.19. The van der Waals surface area contributed by atoms with Crippen LogP contribution in [0.3, 0.4) is 0 Å². The lowest BCUT2D eigenvalue weighted by molar-refractivity contribution is 0.349. The molecule has 2 aromatic rings. The number of piperidine rings is 1. The first kappa shape index (κ1) is 12.4. The summed E-state index contributed by atoms with van der Waals surface area (Å²) in [6.45, 7) is 4.95. The molecule has 2 nitrogen and oxygen atoms in total. The van der Waals surface area contributed by atoms with Crippen molar-refractivity contribution >= 4 is 10.9 Å². The van der Waals surface area contributed by atoms with Gasteiger partial charge >= 0.3 is 0 Å². The molecule has 1 aromatic carbocycles. The third-order valence-corrected chi connectivity index (χ3v) is 4.09. The van der Waals surface area contributed by atoms with Crippen molar-refractivity contribution in [2.75, 3.05) is 6.54 Å². The van der Waals surface area contributed by atoms with E-state index in [2.05, 4.69) is 47.2 Å². The van der Waals surface area contributed by atoms with E-state index in [-0.39, 0.29) is 0 Å². The summed E-state index contributed by atoms with van der Waals surface area (Å²) in [5.41, 5.74) is 2.50. The van der Waals surface area contributed by atoms with Crippen LogP contribution in [-0.2, 0) is 6.42 Å². The summed E-state index contributed by atoms with van der Waals surface area (Å²) in [5, 5.41) is 4.93. The van der Waals surface area contributed by atoms with Crippen LogP contribution in [0.5, 0.6) is 0 Å². The van der Waals surface area contributed by atoms with Gasteiger partial charge in [-0.2, -0.15) is 0 Å². The van der Waals surface area contributed by atoms with Gasteiger partial charge in [0.05, 0.1) is 5.52 Å². The minimum absolute atomic E-state index is 0.585. The Morgan fingerprint density at radius 2 is 2.16 bits per heavy atom. The Kier molecular flexibility index (Phi) is 3.60. The van der Waals surface area contributed by atoms with E-state index in [0.29, 0.717) is 12.0 Å². The zero-order chi connectivity index (χ0) is 13.1. The average molecular weight is 252 g/mol. The highest BCUT2D eigenvalue weighted by Crippen LogP contribution is 2.22. The topological polar surface area (TPSA) is 24.9 Å². The number of hydrogen-bond donors (Lipinski definition) is 1. The second-order valence-corrected chi connectivity index (χ2v) is 5.37. The predicted molar refractivity (Wildman–Crippen MR) is 80.2 cm³/mol. The third kappa shape index (κ3) is 2.69. The summed E-state index contributed by atoms with van der Waals surface area (Å²) in [5.74, 6) is 0.644. The SMILES string of the molecule is C=CC1CCC(Cc2ccnc3ccccc23)NC1. The Labute approximate surface area is 114 Å². The Balaban J connectivity index is 1.77. The number of benzene rings is 1. The van der Waals surface area contributed by atoms with Gasteiger partial charge in [-0.15, -0.1) is 6.58 Å². The van der Waals surface area contributed by atoms with Crippen LogP contribution in [0.15, 0.2) is 49.2 Å². The van der Waals surface area contributed by atoms with Crippen LogP contribution in [0.25, 0.3) is 10.9 Å². The maximum atomic E-state index is 4.43.